The summed E-state index contributed by atoms with van der Waals surface area (Å²) >= 11 is 6.18. The predicted molar refractivity (Wildman–Crippen MR) is 98.8 cm³/mol. The molecular formula is C21H21ClN2O. The zero-order valence-corrected chi connectivity index (χ0v) is 14.9. The van der Waals surface area contributed by atoms with E-state index in [9.17, 15) is 0 Å². The fraction of sp³-hybridized carbons (Fsp3) is 0.381. The van der Waals surface area contributed by atoms with Crippen LogP contribution < -0.4 is 4.74 Å². The number of ether oxygens (including phenoxy) is 1. The van der Waals surface area contributed by atoms with Crippen LogP contribution in [0.2, 0.25) is 5.02 Å². The molecule has 0 radical (unpaired) electrons. The van der Waals surface area contributed by atoms with Gasteiger partial charge in [-0.05, 0) is 55.6 Å². The van der Waals surface area contributed by atoms with E-state index in [4.69, 9.17) is 21.6 Å². The normalized spacial score (nSPS) is 22.6. The van der Waals surface area contributed by atoms with E-state index in [-0.39, 0.29) is 6.10 Å². The predicted octanol–water partition coefficient (Wildman–Crippen LogP) is 4.60. The van der Waals surface area contributed by atoms with Gasteiger partial charge in [-0.25, -0.2) is 0 Å². The average molecular weight is 353 g/mol. The second-order valence-electron chi connectivity index (χ2n) is 6.96. The van der Waals surface area contributed by atoms with Crippen molar-refractivity contribution in [2.45, 2.75) is 25.4 Å². The molecule has 25 heavy (non-hydrogen) atoms. The maximum atomic E-state index is 9.04. The standard InChI is InChI=1S/C21H21ClN2O/c22-20-12-18(8-7-16(20)13-23)25-21-17(14-24-9-3-4-10-24)11-15-5-1-2-6-19(15)21/h1-2,5-8,12,17,21H,3-4,9-11,14H2. The number of hydrogen-bond donors (Lipinski definition) is 0. The molecule has 2 aromatic carbocycles. The third kappa shape index (κ3) is 3.38. The first kappa shape index (κ1) is 16.4. The van der Waals surface area contributed by atoms with Crippen LogP contribution in [-0.2, 0) is 6.42 Å². The van der Waals surface area contributed by atoms with Crippen molar-refractivity contribution in [2.24, 2.45) is 5.92 Å². The minimum absolute atomic E-state index is 0.0424. The Morgan fingerprint density at radius 1 is 1.16 bits per heavy atom. The first-order valence-corrected chi connectivity index (χ1v) is 9.29. The van der Waals surface area contributed by atoms with E-state index in [1.54, 1.807) is 12.1 Å². The summed E-state index contributed by atoms with van der Waals surface area (Å²) in [6.45, 7) is 3.47. The molecule has 1 fully saturated rings. The highest BCUT2D eigenvalue weighted by molar-refractivity contribution is 6.31. The SMILES string of the molecule is N#Cc1ccc(OC2c3ccccc3CC2CN2CCCC2)cc1Cl. The molecule has 2 unspecified atom stereocenters. The van der Waals surface area contributed by atoms with Gasteiger partial charge in [0.15, 0.2) is 0 Å². The molecule has 0 aromatic heterocycles. The van der Waals surface area contributed by atoms with E-state index in [0.717, 1.165) is 18.7 Å². The van der Waals surface area contributed by atoms with E-state index in [0.29, 0.717) is 16.5 Å². The Morgan fingerprint density at radius 3 is 2.72 bits per heavy atom. The third-order valence-corrected chi connectivity index (χ3v) is 5.60. The molecule has 2 aromatic rings. The summed E-state index contributed by atoms with van der Waals surface area (Å²) < 4.78 is 6.38. The van der Waals surface area contributed by atoms with Crippen LogP contribution in [0.1, 0.15) is 35.6 Å². The molecule has 4 heteroatoms. The Balaban J connectivity index is 1.59. The molecular weight excluding hydrogens is 332 g/mol. The number of nitriles is 1. The summed E-state index contributed by atoms with van der Waals surface area (Å²) in [4.78, 5) is 2.55. The van der Waals surface area contributed by atoms with Gasteiger partial charge in [0.2, 0.25) is 0 Å². The van der Waals surface area contributed by atoms with Crippen molar-refractivity contribution >= 4 is 11.6 Å². The Kier molecular flexibility index (Phi) is 4.65. The van der Waals surface area contributed by atoms with Gasteiger partial charge in [-0.2, -0.15) is 5.26 Å². The van der Waals surface area contributed by atoms with Gasteiger partial charge in [0.25, 0.3) is 0 Å². The maximum Gasteiger partial charge on any atom is 0.128 e. The van der Waals surface area contributed by atoms with Crippen LogP contribution in [0.4, 0.5) is 0 Å². The second-order valence-corrected chi connectivity index (χ2v) is 7.37. The van der Waals surface area contributed by atoms with E-state index in [1.807, 2.05) is 6.07 Å². The number of fused-ring (bicyclic) bond motifs is 1. The van der Waals surface area contributed by atoms with Crippen molar-refractivity contribution in [3.8, 4) is 11.8 Å². The molecule has 0 saturated carbocycles. The van der Waals surface area contributed by atoms with Gasteiger partial charge in [0.1, 0.15) is 17.9 Å². The largest absolute Gasteiger partial charge is 0.485 e. The van der Waals surface area contributed by atoms with Gasteiger partial charge in [-0.3, -0.25) is 0 Å². The number of halogens is 1. The van der Waals surface area contributed by atoms with Crippen LogP contribution in [0, 0.1) is 17.2 Å². The molecule has 1 heterocycles. The lowest BCUT2D eigenvalue weighted by Gasteiger charge is -2.26. The van der Waals surface area contributed by atoms with Crippen LogP contribution >= 0.6 is 11.6 Å². The van der Waals surface area contributed by atoms with Gasteiger partial charge >= 0.3 is 0 Å². The molecule has 0 N–H and O–H groups in total. The minimum Gasteiger partial charge on any atom is -0.485 e. The number of benzene rings is 2. The molecule has 0 bridgehead atoms. The zero-order valence-electron chi connectivity index (χ0n) is 14.1. The second kappa shape index (κ2) is 7.07. The highest BCUT2D eigenvalue weighted by Crippen LogP contribution is 2.40. The van der Waals surface area contributed by atoms with Crippen molar-refractivity contribution in [1.29, 1.82) is 5.26 Å². The summed E-state index contributed by atoms with van der Waals surface area (Å²) in [5, 5.41) is 9.49. The molecule has 1 aliphatic carbocycles. The Morgan fingerprint density at radius 2 is 1.96 bits per heavy atom. The van der Waals surface area contributed by atoms with Crippen LogP contribution in [0.25, 0.3) is 0 Å². The summed E-state index contributed by atoms with van der Waals surface area (Å²) in [5.41, 5.74) is 3.15. The molecule has 0 amide bonds. The number of rotatable bonds is 4. The third-order valence-electron chi connectivity index (χ3n) is 5.29. The summed E-state index contributed by atoms with van der Waals surface area (Å²) in [5.74, 6) is 1.18. The molecule has 4 rings (SSSR count). The number of hydrogen-bond acceptors (Lipinski definition) is 3. The minimum atomic E-state index is 0.0424. The van der Waals surface area contributed by atoms with Gasteiger partial charge in [0.05, 0.1) is 10.6 Å². The topological polar surface area (TPSA) is 36.3 Å². The molecule has 0 spiro atoms. The lowest BCUT2D eigenvalue weighted by atomic mass is 10.0. The van der Waals surface area contributed by atoms with Crippen molar-refractivity contribution in [2.75, 3.05) is 19.6 Å². The zero-order chi connectivity index (χ0) is 17.2. The molecule has 2 atom stereocenters. The van der Waals surface area contributed by atoms with E-state index < -0.39 is 0 Å². The van der Waals surface area contributed by atoms with Crippen LogP contribution in [0.3, 0.4) is 0 Å². The number of likely N-dealkylation sites (tertiary alicyclic amines) is 1. The fourth-order valence-corrected chi connectivity index (χ4v) is 4.28. The highest BCUT2D eigenvalue weighted by atomic mass is 35.5. The summed E-state index contributed by atoms with van der Waals surface area (Å²) in [7, 11) is 0. The quantitative estimate of drug-likeness (QED) is 0.806. The van der Waals surface area contributed by atoms with E-state index >= 15 is 0 Å². The van der Waals surface area contributed by atoms with Gasteiger partial charge < -0.3 is 9.64 Å². The molecule has 3 nitrogen and oxygen atoms in total. The number of nitrogens with zero attached hydrogens (tertiary/aromatic N) is 2. The average Bonchev–Trinajstić information content (AvgIpc) is 3.24. The molecule has 2 aliphatic rings. The van der Waals surface area contributed by atoms with Gasteiger partial charge in [-0.1, -0.05) is 35.9 Å². The van der Waals surface area contributed by atoms with Crippen molar-refractivity contribution in [3.05, 3.63) is 64.2 Å². The Hall–Kier alpha value is -2.02. The van der Waals surface area contributed by atoms with Gasteiger partial charge in [-0.15, -0.1) is 0 Å². The molecule has 1 saturated heterocycles. The van der Waals surface area contributed by atoms with Crippen molar-refractivity contribution < 1.29 is 4.74 Å². The monoisotopic (exact) mass is 352 g/mol. The summed E-state index contributed by atoms with van der Waals surface area (Å²) in [6.07, 6.45) is 3.70. The summed E-state index contributed by atoms with van der Waals surface area (Å²) in [6, 6.07) is 16.0. The van der Waals surface area contributed by atoms with Crippen molar-refractivity contribution in [1.82, 2.24) is 4.90 Å². The highest BCUT2D eigenvalue weighted by Gasteiger charge is 2.35. The van der Waals surface area contributed by atoms with E-state index in [2.05, 4.69) is 35.2 Å². The van der Waals surface area contributed by atoms with Crippen LogP contribution in [-0.4, -0.2) is 24.5 Å². The van der Waals surface area contributed by atoms with Crippen LogP contribution in [0.5, 0.6) is 5.75 Å². The van der Waals surface area contributed by atoms with Crippen molar-refractivity contribution in [3.63, 3.8) is 0 Å². The molecule has 1 aliphatic heterocycles. The Labute approximate surface area is 153 Å². The van der Waals surface area contributed by atoms with Gasteiger partial charge in [0, 0.05) is 18.5 Å². The molecule has 128 valence electrons. The maximum absolute atomic E-state index is 9.04. The Bertz CT molecular complexity index is 808. The lowest BCUT2D eigenvalue weighted by Crippen LogP contribution is -2.30. The lowest BCUT2D eigenvalue weighted by molar-refractivity contribution is 0.121. The first-order chi connectivity index (χ1) is 12.2. The fourth-order valence-electron chi connectivity index (χ4n) is 4.06. The smallest absolute Gasteiger partial charge is 0.128 e. The van der Waals surface area contributed by atoms with E-state index in [1.165, 1.54) is 37.1 Å². The van der Waals surface area contributed by atoms with Crippen LogP contribution in [0.15, 0.2) is 42.5 Å². The first-order valence-electron chi connectivity index (χ1n) is 8.91.